The molecule has 67 heavy (non-hydrogen) atoms. The fourth-order valence-electron chi connectivity index (χ4n) is 10.2. The minimum atomic E-state index is 0. The molecule has 2 aliphatic rings. The molecule has 0 atom stereocenters. The van der Waals surface area contributed by atoms with Crippen LogP contribution >= 0.6 is 0 Å². The molecule has 0 unspecified atom stereocenters. The Labute approximate surface area is 416 Å². The van der Waals surface area contributed by atoms with Gasteiger partial charge in [0.25, 0.3) is 0 Å². The number of terminal acetylenes is 2. The summed E-state index contributed by atoms with van der Waals surface area (Å²) in [5, 5.41) is 0. The Hall–Kier alpha value is -5.22. The van der Waals surface area contributed by atoms with Gasteiger partial charge in [0.05, 0.1) is 22.8 Å². The summed E-state index contributed by atoms with van der Waals surface area (Å²) in [4.78, 5) is 22.5. The molecule has 8 bridgehead atoms. The van der Waals surface area contributed by atoms with Crippen molar-refractivity contribution in [1.82, 2.24) is 19.9 Å². The normalized spacial score (nSPS) is 11.9. The third-order valence-electron chi connectivity index (χ3n) is 13.8. The Balaban J connectivity index is 0.00000741. The molecule has 0 saturated heterocycles. The van der Waals surface area contributed by atoms with Gasteiger partial charge in [-0.3, -0.25) is 0 Å². The molecule has 2 aromatic carbocycles. The maximum absolute atomic E-state index is 5.89. The number of fused-ring (bicyclic) bond motifs is 8. The van der Waals surface area contributed by atoms with E-state index in [4.69, 9.17) is 32.8 Å². The van der Waals surface area contributed by atoms with Crippen LogP contribution in [0.3, 0.4) is 0 Å². The molecule has 3 aromatic heterocycles. The standard InChI is InChI=1S/C62H72N4.Zn/c1-7-13-17-21-25-47(26-22-18-14-8-2)59-51-37-41-55(63-51)61(49-33-29-45(11-5)30-34-49)57-43-39-53(65-57)60(48(27-23-19-15-9-3)28-24-20-16-10-4)54-40-44-58(66-54)62(56-42-38-52(59)64-56)50-35-31-46(12-6)32-36-50;/h5-6,29-44,47-48H,7-10,13-28H2,1-4H3;/q-2;+2. The summed E-state index contributed by atoms with van der Waals surface area (Å²) in [6, 6.07) is 25.6. The van der Waals surface area contributed by atoms with Crippen molar-refractivity contribution in [3.63, 3.8) is 0 Å². The van der Waals surface area contributed by atoms with Crippen LogP contribution in [0, 0.1) is 24.7 Å². The van der Waals surface area contributed by atoms with E-state index in [9.17, 15) is 0 Å². The Morgan fingerprint density at radius 3 is 1.03 bits per heavy atom. The van der Waals surface area contributed by atoms with Crippen molar-refractivity contribution in [2.75, 3.05) is 0 Å². The minimum absolute atomic E-state index is 0. The zero-order chi connectivity index (χ0) is 46.1. The van der Waals surface area contributed by atoms with Crippen LogP contribution in [0.4, 0.5) is 0 Å². The number of nitrogens with zero attached hydrogens (tertiary/aromatic N) is 4. The van der Waals surface area contributed by atoms with Gasteiger partial charge in [-0.15, -0.1) is 34.9 Å². The zero-order valence-corrected chi connectivity index (χ0v) is 44.2. The molecular weight excluding hydrogens is 866 g/mol. The first-order chi connectivity index (χ1) is 32.5. The first-order valence-corrected chi connectivity index (χ1v) is 25.7. The van der Waals surface area contributed by atoms with Crippen LogP contribution in [-0.2, 0) is 19.5 Å². The number of aromatic nitrogens is 4. The van der Waals surface area contributed by atoms with Crippen molar-refractivity contribution in [2.24, 2.45) is 0 Å². The van der Waals surface area contributed by atoms with Gasteiger partial charge < -0.3 is 9.97 Å². The quantitative estimate of drug-likeness (QED) is 0.0344. The number of benzene rings is 2. The van der Waals surface area contributed by atoms with Gasteiger partial charge in [-0.1, -0.05) is 191 Å². The second kappa shape index (κ2) is 26.4. The molecule has 0 aliphatic carbocycles. The molecule has 5 heterocycles. The first kappa shape index (κ1) is 51.2. The van der Waals surface area contributed by atoms with Crippen molar-refractivity contribution < 1.29 is 19.5 Å². The molecule has 0 amide bonds. The molecule has 5 heteroatoms. The van der Waals surface area contributed by atoms with Crippen molar-refractivity contribution >= 4 is 46.4 Å². The van der Waals surface area contributed by atoms with Gasteiger partial charge >= 0.3 is 19.5 Å². The number of hydrogen-bond donors (Lipinski definition) is 0. The largest absolute Gasteiger partial charge is 2.00 e. The number of unbranched alkanes of at least 4 members (excludes halogenated alkanes) is 12. The van der Waals surface area contributed by atoms with Gasteiger partial charge in [0.1, 0.15) is 0 Å². The van der Waals surface area contributed by atoms with Gasteiger partial charge in [0, 0.05) is 11.1 Å². The van der Waals surface area contributed by atoms with Gasteiger partial charge in [0.2, 0.25) is 0 Å². The minimum Gasteiger partial charge on any atom is -0.657 e. The van der Waals surface area contributed by atoms with Gasteiger partial charge in [0.15, 0.2) is 0 Å². The maximum Gasteiger partial charge on any atom is 2.00 e. The second-order valence-electron chi connectivity index (χ2n) is 18.7. The summed E-state index contributed by atoms with van der Waals surface area (Å²) >= 11 is 0. The summed E-state index contributed by atoms with van der Waals surface area (Å²) < 4.78 is 0. The van der Waals surface area contributed by atoms with Gasteiger partial charge in [-0.25, -0.2) is 9.97 Å². The van der Waals surface area contributed by atoms with Crippen LogP contribution in [0.2, 0.25) is 0 Å². The van der Waals surface area contributed by atoms with Crippen LogP contribution in [0.1, 0.15) is 213 Å². The van der Waals surface area contributed by atoms with Gasteiger partial charge in [-0.2, -0.15) is 0 Å². The monoisotopic (exact) mass is 937 g/mol. The van der Waals surface area contributed by atoms with E-state index in [0.717, 1.165) is 104 Å². The summed E-state index contributed by atoms with van der Waals surface area (Å²) in [5.74, 6) is 6.28. The van der Waals surface area contributed by atoms with Crippen molar-refractivity contribution in [3.05, 3.63) is 118 Å². The fraction of sp³-hybridized carbons (Fsp3) is 0.419. The smallest absolute Gasteiger partial charge is 0.657 e. The number of rotatable bonds is 24. The van der Waals surface area contributed by atoms with Crippen LogP contribution in [-0.4, -0.2) is 9.97 Å². The van der Waals surface area contributed by atoms with E-state index in [-0.39, 0.29) is 19.5 Å². The van der Waals surface area contributed by atoms with Crippen LogP contribution in [0.25, 0.3) is 68.6 Å². The summed E-state index contributed by atoms with van der Waals surface area (Å²) in [6.07, 6.45) is 44.7. The van der Waals surface area contributed by atoms with E-state index in [1.54, 1.807) is 0 Å². The average molecular weight is 939 g/mol. The first-order valence-electron chi connectivity index (χ1n) is 25.7. The van der Waals surface area contributed by atoms with Crippen molar-refractivity contribution in [3.8, 4) is 46.9 Å². The second-order valence-corrected chi connectivity index (χ2v) is 18.7. The Kier molecular flexibility index (Phi) is 20.1. The van der Waals surface area contributed by atoms with Crippen molar-refractivity contribution in [1.29, 1.82) is 0 Å². The molecule has 0 radical (unpaired) electrons. The summed E-state index contributed by atoms with van der Waals surface area (Å²) in [7, 11) is 0. The molecule has 7 rings (SSSR count). The zero-order valence-electron chi connectivity index (χ0n) is 41.2. The Bertz CT molecular complexity index is 2470. The van der Waals surface area contributed by atoms with Crippen LogP contribution in [0.5, 0.6) is 0 Å². The predicted molar refractivity (Wildman–Crippen MR) is 284 cm³/mol. The molecule has 0 fully saturated rings. The van der Waals surface area contributed by atoms with Crippen molar-refractivity contribution in [2.45, 2.75) is 168 Å². The fourth-order valence-corrected chi connectivity index (χ4v) is 10.2. The van der Waals surface area contributed by atoms with Crippen LogP contribution < -0.4 is 9.97 Å². The summed E-state index contributed by atoms with van der Waals surface area (Å²) in [5.41, 5.74) is 16.0. The average Bonchev–Trinajstić information content (AvgIpc) is 4.20. The topological polar surface area (TPSA) is 54.0 Å². The SMILES string of the molecule is C#Cc1ccc(-c2c3nc(c(C(CCCCCC)CCCCCC)c4ccc([n-]4)c(-c4ccc(C#C)cc4)c4nc(c(C(CCCCCC)CCCCCC)c5ccc2[n-]5)C=C4)C=C3)cc1.[Zn+2]. The van der Waals surface area contributed by atoms with E-state index in [2.05, 4.69) is 112 Å². The van der Waals surface area contributed by atoms with E-state index in [1.165, 1.54) is 114 Å². The van der Waals surface area contributed by atoms with Crippen LogP contribution in [0.15, 0.2) is 72.8 Å². The molecule has 0 N–H and O–H groups in total. The number of hydrogen-bond acceptors (Lipinski definition) is 2. The van der Waals surface area contributed by atoms with E-state index < -0.39 is 0 Å². The van der Waals surface area contributed by atoms with E-state index >= 15 is 0 Å². The summed E-state index contributed by atoms with van der Waals surface area (Å²) in [6.45, 7) is 9.17. The molecule has 4 nitrogen and oxygen atoms in total. The predicted octanol–water partition coefficient (Wildman–Crippen LogP) is 17.3. The van der Waals surface area contributed by atoms with Gasteiger partial charge in [-0.05, 0) is 119 Å². The molecule has 2 aliphatic heterocycles. The third kappa shape index (κ3) is 13.1. The van der Waals surface area contributed by atoms with E-state index in [1.807, 2.05) is 24.3 Å². The molecule has 0 saturated carbocycles. The molecule has 342 valence electrons. The molecule has 5 aromatic rings. The third-order valence-corrected chi connectivity index (χ3v) is 13.8. The molecular formula is C62H72N4Zn. The van der Waals surface area contributed by atoms with E-state index in [0.29, 0.717) is 11.8 Å². The Morgan fingerprint density at radius 1 is 0.403 bits per heavy atom. The maximum atomic E-state index is 5.89. The molecule has 0 spiro atoms. The Morgan fingerprint density at radius 2 is 0.716 bits per heavy atom.